The van der Waals surface area contributed by atoms with Gasteiger partial charge in [0.15, 0.2) is 0 Å². The molecule has 0 aromatic heterocycles. The monoisotopic (exact) mass is 257 g/mol. The highest BCUT2D eigenvalue weighted by atomic mass is 16.6. The quantitative estimate of drug-likeness (QED) is 0.811. The van der Waals surface area contributed by atoms with Gasteiger partial charge in [-0.05, 0) is 38.5 Å². The summed E-state index contributed by atoms with van der Waals surface area (Å²) in [6.07, 6.45) is 4.34. The van der Waals surface area contributed by atoms with Crippen molar-refractivity contribution in [3.8, 4) is 0 Å². The molecule has 18 heavy (non-hydrogen) atoms. The normalized spacial score (nSPS) is 20.2. The van der Waals surface area contributed by atoms with Crippen LogP contribution in [0.5, 0.6) is 0 Å². The molecule has 104 valence electrons. The molecule has 1 fully saturated rings. The minimum Gasteiger partial charge on any atom is -0.480 e. The van der Waals surface area contributed by atoms with Gasteiger partial charge in [-0.3, -0.25) is 0 Å². The number of alkyl carbamates (subject to hydrolysis) is 1. The summed E-state index contributed by atoms with van der Waals surface area (Å²) < 4.78 is 5.40. The molecule has 5 nitrogen and oxygen atoms in total. The van der Waals surface area contributed by atoms with Crippen molar-refractivity contribution in [2.75, 3.05) is 0 Å². The number of carbonyl (C=O) groups excluding carboxylic acids is 1. The third kappa shape index (κ3) is 4.20. The summed E-state index contributed by atoms with van der Waals surface area (Å²) in [7, 11) is 0. The Morgan fingerprint density at radius 1 is 1.22 bits per heavy atom. The standard InChI is InChI=1S/C13H23NO4/c1-9(2)10(11(15)16)14-12(17)18-13(3)7-5-4-6-8-13/h9-10H,4-8H2,1-3H3,(H,14,17)(H,15,16). The van der Waals surface area contributed by atoms with Crippen molar-refractivity contribution in [2.24, 2.45) is 5.92 Å². The second-order valence-corrected chi connectivity index (χ2v) is 5.60. The summed E-state index contributed by atoms with van der Waals surface area (Å²) in [5.74, 6) is -1.20. The predicted molar refractivity (Wildman–Crippen MR) is 67.4 cm³/mol. The Hall–Kier alpha value is -1.26. The van der Waals surface area contributed by atoms with E-state index in [1.807, 2.05) is 6.92 Å². The summed E-state index contributed by atoms with van der Waals surface area (Å²) in [4.78, 5) is 22.7. The topological polar surface area (TPSA) is 75.6 Å². The van der Waals surface area contributed by atoms with E-state index in [0.717, 1.165) is 25.7 Å². The smallest absolute Gasteiger partial charge is 0.408 e. The first-order valence-corrected chi connectivity index (χ1v) is 6.56. The molecule has 0 aromatic rings. The maximum Gasteiger partial charge on any atom is 0.408 e. The molecule has 1 unspecified atom stereocenters. The lowest BCUT2D eigenvalue weighted by atomic mass is 9.86. The number of carbonyl (C=O) groups is 2. The lowest BCUT2D eigenvalue weighted by Crippen LogP contribution is -2.47. The van der Waals surface area contributed by atoms with Gasteiger partial charge in [0.1, 0.15) is 11.6 Å². The van der Waals surface area contributed by atoms with Gasteiger partial charge in [0.2, 0.25) is 0 Å². The maximum absolute atomic E-state index is 11.7. The Bertz CT molecular complexity index is 308. The first-order chi connectivity index (χ1) is 8.34. The van der Waals surface area contributed by atoms with Crippen LogP contribution in [0.2, 0.25) is 0 Å². The highest BCUT2D eigenvalue weighted by Crippen LogP contribution is 2.31. The van der Waals surface area contributed by atoms with Gasteiger partial charge >= 0.3 is 12.1 Å². The highest BCUT2D eigenvalue weighted by molar-refractivity contribution is 5.80. The first kappa shape index (κ1) is 14.8. The molecule has 1 aliphatic rings. The van der Waals surface area contributed by atoms with Crippen LogP contribution in [0.3, 0.4) is 0 Å². The van der Waals surface area contributed by atoms with Gasteiger partial charge in [0.05, 0.1) is 0 Å². The number of aliphatic carboxylic acids is 1. The van der Waals surface area contributed by atoms with Crippen molar-refractivity contribution in [2.45, 2.75) is 64.5 Å². The van der Waals surface area contributed by atoms with Crippen molar-refractivity contribution >= 4 is 12.1 Å². The van der Waals surface area contributed by atoms with Crippen molar-refractivity contribution in [3.63, 3.8) is 0 Å². The molecule has 1 rings (SSSR count). The van der Waals surface area contributed by atoms with E-state index in [0.29, 0.717) is 0 Å². The Morgan fingerprint density at radius 3 is 2.22 bits per heavy atom. The van der Waals surface area contributed by atoms with Crippen LogP contribution in [-0.4, -0.2) is 28.8 Å². The number of rotatable bonds is 4. The molecule has 2 N–H and O–H groups in total. The number of hydrogen-bond donors (Lipinski definition) is 2. The molecule has 1 atom stereocenters. The van der Waals surface area contributed by atoms with Gasteiger partial charge in [-0.1, -0.05) is 20.3 Å². The van der Waals surface area contributed by atoms with Gasteiger partial charge in [0.25, 0.3) is 0 Å². The largest absolute Gasteiger partial charge is 0.480 e. The Balaban J connectivity index is 2.52. The second kappa shape index (κ2) is 6.07. The van der Waals surface area contributed by atoms with Crippen molar-refractivity contribution < 1.29 is 19.4 Å². The molecule has 1 saturated carbocycles. The number of ether oxygens (including phenoxy) is 1. The third-order valence-corrected chi connectivity index (χ3v) is 3.46. The van der Waals surface area contributed by atoms with E-state index in [4.69, 9.17) is 9.84 Å². The van der Waals surface area contributed by atoms with Gasteiger partial charge in [-0.15, -0.1) is 0 Å². The lowest BCUT2D eigenvalue weighted by molar-refractivity contribution is -0.140. The average molecular weight is 257 g/mol. The third-order valence-electron chi connectivity index (χ3n) is 3.46. The van der Waals surface area contributed by atoms with Gasteiger partial charge in [-0.25, -0.2) is 9.59 Å². The van der Waals surface area contributed by atoms with Gasteiger partial charge < -0.3 is 15.2 Å². The van der Waals surface area contributed by atoms with Crippen LogP contribution < -0.4 is 5.32 Å². The second-order valence-electron chi connectivity index (χ2n) is 5.60. The van der Waals surface area contributed by atoms with E-state index in [-0.39, 0.29) is 5.92 Å². The first-order valence-electron chi connectivity index (χ1n) is 6.56. The molecular weight excluding hydrogens is 234 g/mol. The molecule has 0 bridgehead atoms. The van der Waals surface area contributed by atoms with Crippen LogP contribution in [0.4, 0.5) is 4.79 Å². The fourth-order valence-corrected chi connectivity index (χ4v) is 2.30. The molecule has 0 spiro atoms. The molecule has 0 heterocycles. The number of hydrogen-bond acceptors (Lipinski definition) is 3. The molecule has 1 amide bonds. The number of amides is 1. The van der Waals surface area contributed by atoms with E-state index >= 15 is 0 Å². The van der Waals surface area contributed by atoms with Crippen molar-refractivity contribution in [1.82, 2.24) is 5.32 Å². The molecule has 0 aliphatic heterocycles. The number of carboxylic acid groups (broad SMARTS) is 1. The van der Waals surface area contributed by atoms with E-state index in [2.05, 4.69) is 5.32 Å². The van der Waals surface area contributed by atoms with Crippen molar-refractivity contribution in [3.05, 3.63) is 0 Å². The van der Waals surface area contributed by atoms with E-state index in [9.17, 15) is 9.59 Å². The van der Waals surface area contributed by atoms with E-state index < -0.39 is 23.7 Å². The van der Waals surface area contributed by atoms with Crippen LogP contribution in [0, 0.1) is 5.92 Å². The molecule has 5 heteroatoms. The molecule has 0 radical (unpaired) electrons. The van der Waals surface area contributed by atoms with Crippen LogP contribution in [0.1, 0.15) is 52.9 Å². The zero-order valence-electron chi connectivity index (χ0n) is 11.4. The molecule has 0 saturated heterocycles. The minimum atomic E-state index is -1.03. The zero-order valence-corrected chi connectivity index (χ0v) is 11.4. The fraction of sp³-hybridized carbons (Fsp3) is 0.846. The molecular formula is C13H23NO4. The summed E-state index contributed by atoms with van der Waals surface area (Å²) >= 11 is 0. The van der Waals surface area contributed by atoms with Crippen LogP contribution in [0.25, 0.3) is 0 Å². The number of carboxylic acids is 1. The van der Waals surface area contributed by atoms with Gasteiger partial charge in [0, 0.05) is 0 Å². The van der Waals surface area contributed by atoms with E-state index in [1.54, 1.807) is 13.8 Å². The van der Waals surface area contributed by atoms with E-state index in [1.165, 1.54) is 6.42 Å². The average Bonchev–Trinajstić information content (AvgIpc) is 2.25. The van der Waals surface area contributed by atoms with Crippen molar-refractivity contribution in [1.29, 1.82) is 0 Å². The Kier molecular flexibility index (Phi) is 4.99. The lowest BCUT2D eigenvalue weighted by Gasteiger charge is -2.33. The SMILES string of the molecule is CC(C)C(NC(=O)OC1(C)CCCCC1)C(=O)O. The fourth-order valence-electron chi connectivity index (χ4n) is 2.30. The van der Waals surface area contributed by atoms with Crippen LogP contribution in [-0.2, 0) is 9.53 Å². The van der Waals surface area contributed by atoms with Gasteiger partial charge in [-0.2, -0.15) is 0 Å². The predicted octanol–water partition coefficient (Wildman–Crippen LogP) is 2.54. The Labute approximate surface area is 108 Å². The summed E-state index contributed by atoms with van der Waals surface area (Å²) in [5.41, 5.74) is -0.442. The highest BCUT2D eigenvalue weighted by Gasteiger charge is 2.32. The van der Waals surface area contributed by atoms with Crippen LogP contribution >= 0.6 is 0 Å². The molecule has 1 aliphatic carbocycles. The molecule has 0 aromatic carbocycles. The summed E-state index contributed by atoms with van der Waals surface area (Å²) in [5, 5.41) is 11.4. The summed E-state index contributed by atoms with van der Waals surface area (Å²) in [6.45, 7) is 5.42. The Morgan fingerprint density at radius 2 is 1.78 bits per heavy atom. The maximum atomic E-state index is 11.7. The summed E-state index contributed by atoms with van der Waals surface area (Å²) in [6, 6.07) is -0.898. The zero-order chi connectivity index (χ0) is 13.8. The van der Waals surface area contributed by atoms with Crippen LogP contribution in [0.15, 0.2) is 0 Å². The number of nitrogens with one attached hydrogen (secondary N) is 1. The minimum absolute atomic E-state index is 0.172.